The van der Waals surface area contributed by atoms with Gasteiger partial charge in [0.15, 0.2) is 0 Å². The lowest BCUT2D eigenvalue weighted by molar-refractivity contribution is -0.143. The molecule has 80 valence electrons. The quantitative estimate of drug-likeness (QED) is 0.498. The van der Waals surface area contributed by atoms with Crippen LogP contribution in [0.15, 0.2) is 11.6 Å². The van der Waals surface area contributed by atoms with Gasteiger partial charge in [-0.25, -0.2) is 4.79 Å². The van der Waals surface area contributed by atoms with Crippen molar-refractivity contribution in [3.8, 4) is 0 Å². The molecule has 0 aromatic carbocycles. The smallest absolute Gasteiger partial charge is 0.336 e. The zero-order chi connectivity index (χ0) is 11.0. The Labute approximate surface area is 83.9 Å². The summed E-state index contributed by atoms with van der Waals surface area (Å²) in [5, 5.41) is 0. The predicted molar refractivity (Wildman–Crippen MR) is 51.6 cm³/mol. The van der Waals surface area contributed by atoms with Gasteiger partial charge < -0.3 is 9.47 Å². The van der Waals surface area contributed by atoms with Crippen molar-refractivity contribution in [2.24, 2.45) is 0 Å². The monoisotopic (exact) mass is 200 g/mol. The number of carbonyl (C=O) groups is 2. The zero-order valence-corrected chi connectivity index (χ0v) is 8.83. The summed E-state index contributed by atoms with van der Waals surface area (Å²) in [5.41, 5.74) is 0.386. The highest BCUT2D eigenvalue weighted by atomic mass is 16.5. The lowest BCUT2D eigenvalue weighted by Gasteiger charge is -2.05. The van der Waals surface area contributed by atoms with Gasteiger partial charge >= 0.3 is 11.9 Å². The van der Waals surface area contributed by atoms with E-state index in [1.165, 1.54) is 7.11 Å². The van der Waals surface area contributed by atoms with E-state index in [4.69, 9.17) is 4.74 Å². The summed E-state index contributed by atoms with van der Waals surface area (Å²) in [6, 6.07) is 0. The summed E-state index contributed by atoms with van der Waals surface area (Å²) >= 11 is 0. The van der Waals surface area contributed by atoms with Gasteiger partial charge in [-0.05, 0) is 6.42 Å². The van der Waals surface area contributed by atoms with Crippen LogP contribution in [0.5, 0.6) is 0 Å². The van der Waals surface area contributed by atoms with E-state index in [0.717, 1.165) is 0 Å². The van der Waals surface area contributed by atoms with Crippen LogP contribution in [0.25, 0.3) is 0 Å². The predicted octanol–water partition coefficient (Wildman–Crippen LogP) is 1.45. The van der Waals surface area contributed by atoms with E-state index in [9.17, 15) is 9.59 Å². The third-order valence-electron chi connectivity index (χ3n) is 1.58. The number of methoxy groups -OCH3 is 1. The van der Waals surface area contributed by atoms with Crippen molar-refractivity contribution in [3.05, 3.63) is 11.6 Å². The second kappa shape index (κ2) is 7.12. The fourth-order valence-electron chi connectivity index (χ4n) is 0.839. The molecular formula is C10H16O4. The molecule has 0 atom stereocenters. The molecule has 4 heteroatoms. The van der Waals surface area contributed by atoms with Gasteiger partial charge in [0, 0.05) is 6.42 Å². The van der Waals surface area contributed by atoms with Crippen molar-refractivity contribution in [2.45, 2.75) is 26.7 Å². The topological polar surface area (TPSA) is 52.6 Å². The minimum Gasteiger partial charge on any atom is -0.466 e. The van der Waals surface area contributed by atoms with Crippen molar-refractivity contribution in [2.75, 3.05) is 13.7 Å². The minimum atomic E-state index is -0.448. The van der Waals surface area contributed by atoms with Gasteiger partial charge in [0.05, 0.1) is 12.7 Å². The minimum absolute atomic E-state index is 0.00676. The third-order valence-corrected chi connectivity index (χ3v) is 1.58. The van der Waals surface area contributed by atoms with Crippen molar-refractivity contribution in [3.63, 3.8) is 0 Å². The van der Waals surface area contributed by atoms with Gasteiger partial charge in [-0.2, -0.15) is 0 Å². The Bertz CT molecular complexity index is 230. The summed E-state index contributed by atoms with van der Waals surface area (Å²) in [6.07, 6.45) is 2.70. The van der Waals surface area contributed by atoms with E-state index in [1.807, 2.05) is 6.92 Å². The molecule has 0 N–H and O–H groups in total. The van der Waals surface area contributed by atoms with Crippen LogP contribution in [-0.4, -0.2) is 25.7 Å². The van der Waals surface area contributed by atoms with Crippen LogP contribution in [0.4, 0.5) is 0 Å². The Balaban J connectivity index is 4.18. The molecular weight excluding hydrogens is 184 g/mol. The average molecular weight is 200 g/mol. The van der Waals surface area contributed by atoms with E-state index < -0.39 is 5.97 Å². The highest BCUT2D eigenvalue weighted by Gasteiger charge is 2.10. The Kier molecular flexibility index (Phi) is 6.45. The first-order chi connectivity index (χ1) is 6.65. The van der Waals surface area contributed by atoms with E-state index in [0.29, 0.717) is 18.4 Å². The maximum atomic E-state index is 11.1. The first kappa shape index (κ1) is 12.7. The second-order valence-corrected chi connectivity index (χ2v) is 2.64. The fraction of sp³-hybridized carbons (Fsp3) is 0.600. The van der Waals surface area contributed by atoms with Crippen molar-refractivity contribution in [1.29, 1.82) is 0 Å². The lowest BCUT2D eigenvalue weighted by atomic mass is 10.2. The molecule has 0 spiro atoms. The van der Waals surface area contributed by atoms with Crippen LogP contribution in [0.2, 0.25) is 0 Å². The normalized spacial score (nSPS) is 10.9. The maximum Gasteiger partial charge on any atom is 0.336 e. The van der Waals surface area contributed by atoms with Gasteiger partial charge in [0.25, 0.3) is 0 Å². The molecule has 0 fully saturated rings. The molecule has 0 heterocycles. The number of hydrogen-bond acceptors (Lipinski definition) is 4. The molecule has 0 aliphatic carbocycles. The first-order valence-electron chi connectivity index (χ1n) is 4.58. The largest absolute Gasteiger partial charge is 0.466 e. The number of rotatable bonds is 5. The molecule has 0 bridgehead atoms. The Morgan fingerprint density at radius 2 is 1.93 bits per heavy atom. The Morgan fingerprint density at radius 1 is 1.29 bits per heavy atom. The number of carbonyl (C=O) groups excluding carboxylic acids is 2. The summed E-state index contributed by atoms with van der Waals surface area (Å²) in [5.74, 6) is -0.772. The molecule has 0 radical (unpaired) electrons. The summed E-state index contributed by atoms with van der Waals surface area (Å²) in [4.78, 5) is 22.0. The van der Waals surface area contributed by atoms with Gasteiger partial charge in [-0.3, -0.25) is 4.79 Å². The highest BCUT2D eigenvalue weighted by Crippen LogP contribution is 2.01. The molecule has 14 heavy (non-hydrogen) atoms. The van der Waals surface area contributed by atoms with Crippen LogP contribution in [0.3, 0.4) is 0 Å². The number of ether oxygens (including phenoxy) is 2. The molecule has 0 aliphatic heterocycles. The van der Waals surface area contributed by atoms with Crippen molar-refractivity contribution >= 4 is 11.9 Å². The molecule has 4 nitrogen and oxygen atoms in total. The molecule has 0 amide bonds. The number of esters is 2. The van der Waals surface area contributed by atoms with E-state index in [1.54, 1.807) is 13.0 Å². The van der Waals surface area contributed by atoms with Crippen LogP contribution >= 0.6 is 0 Å². The molecule has 0 unspecified atom stereocenters. The fourth-order valence-corrected chi connectivity index (χ4v) is 0.839. The average Bonchev–Trinajstić information content (AvgIpc) is 2.22. The summed E-state index contributed by atoms with van der Waals surface area (Å²) in [6.45, 7) is 3.58. The molecule has 0 saturated heterocycles. The van der Waals surface area contributed by atoms with Gasteiger partial charge in [0.1, 0.15) is 6.61 Å². The summed E-state index contributed by atoms with van der Waals surface area (Å²) in [7, 11) is 1.30. The van der Waals surface area contributed by atoms with Crippen LogP contribution < -0.4 is 0 Å². The molecule has 0 aromatic heterocycles. The Hall–Kier alpha value is -1.32. The zero-order valence-electron chi connectivity index (χ0n) is 8.83. The van der Waals surface area contributed by atoms with E-state index in [-0.39, 0.29) is 12.6 Å². The van der Waals surface area contributed by atoms with Crippen LogP contribution in [0.1, 0.15) is 26.7 Å². The molecule has 0 saturated carbocycles. The van der Waals surface area contributed by atoms with Crippen molar-refractivity contribution < 1.29 is 19.1 Å². The van der Waals surface area contributed by atoms with Crippen LogP contribution in [-0.2, 0) is 19.1 Å². The number of allylic oxidation sites excluding steroid dienone is 1. The lowest BCUT2D eigenvalue weighted by Crippen LogP contribution is -2.13. The Morgan fingerprint density at radius 3 is 2.36 bits per heavy atom. The highest BCUT2D eigenvalue weighted by molar-refractivity contribution is 5.89. The maximum absolute atomic E-state index is 11.1. The number of hydrogen-bond donors (Lipinski definition) is 0. The van der Waals surface area contributed by atoms with Gasteiger partial charge in [-0.15, -0.1) is 0 Å². The molecule has 0 rings (SSSR count). The first-order valence-corrected chi connectivity index (χ1v) is 4.58. The van der Waals surface area contributed by atoms with E-state index in [2.05, 4.69) is 4.74 Å². The molecule has 0 aromatic rings. The standard InChI is InChI=1S/C10H16O4/c1-4-6-8(10(12)13-3)7-14-9(11)5-2/h6H,4-5,7H2,1-3H3. The van der Waals surface area contributed by atoms with E-state index >= 15 is 0 Å². The third kappa shape index (κ3) is 4.64. The van der Waals surface area contributed by atoms with Gasteiger partial charge in [0.2, 0.25) is 0 Å². The van der Waals surface area contributed by atoms with Gasteiger partial charge in [-0.1, -0.05) is 19.9 Å². The van der Waals surface area contributed by atoms with Crippen LogP contribution in [0, 0.1) is 0 Å². The van der Waals surface area contributed by atoms with Crippen molar-refractivity contribution in [1.82, 2.24) is 0 Å². The second-order valence-electron chi connectivity index (χ2n) is 2.64. The molecule has 0 aliphatic rings. The summed E-state index contributed by atoms with van der Waals surface area (Å²) < 4.78 is 9.35. The SMILES string of the molecule is CCC=C(COC(=O)CC)C(=O)OC.